The maximum atomic E-state index is 4.37. The van der Waals surface area contributed by atoms with Gasteiger partial charge in [0.1, 0.15) is 5.82 Å². The Morgan fingerprint density at radius 1 is 1.40 bits per heavy atom. The molecule has 0 amide bonds. The van der Waals surface area contributed by atoms with Crippen molar-refractivity contribution in [3.63, 3.8) is 0 Å². The van der Waals surface area contributed by atoms with Crippen molar-refractivity contribution in [2.75, 3.05) is 0 Å². The number of aromatic nitrogens is 4. The number of hydrogen-bond donors (Lipinski definition) is 1. The number of rotatable bonds is 4. The van der Waals surface area contributed by atoms with Gasteiger partial charge in [-0.3, -0.25) is 0 Å². The Labute approximate surface area is 96.7 Å². The van der Waals surface area contributed by atoms with Crippen LogP contribution in [0.15, 0.2) is 15.7 Å². The molecule has 0 saturated heterocycles. The maximum absolute atomic E-state index is 4.37. The molecule has 0 bridgehead atoms. The van der Waals surface area contributed by atoms with Gasteiger partial charge in [0.05, 0.1) is 0 Å². The van der Waals surface area contributed by atoms with Gasteiger partial charge in [-0.25, -0.2) is 9.97 Å². The summed E-state index contributed by atoms with van der Waals surface area (Å²) in [6, 6.07) is 0. The molecule has 0 aromatic carbocycles. The quantitative estimate of drug-likeness (QED) is 0.892. The molecule has 6 heteroatoms. The van der Waals surface area contributed by atoms with Crippen LogP contribution in [0.5, 0.6) is 0 Å². The van der Waals surface area contributed by atoms with E-state index in [0.717, 1.165) is 33.9 Å². The van der Waals surface area contributed by atoms with Crippen molar-refractivity contribution in [1.29, 1.82) is 0 Å². The van der Waals surface area contributed by atoms with E-state index in [1.54, 1.807) is 0 Å². The number of H-pyrrole nitrogens is 1. The number of nitrogens with one attached hydrogen (secondary N) is 1. The van der Waals surface area contributed by atoms with Crippen LogP contribution in [-0.4, -0.2) is 19.3 Å². The molecule has 0 radical (unpaired) electrons. The van der Waals surface area contributed by atoms with Gasteiger partial charge in [0, 0.05) is 18.3 Å². The van der Waals surface area contributed by atoms with Crippen LogP contribution in [0.4, 0.5) is 0 Å². The second-order valence-electron chi connectivity index (χ2n) is 3.00. The Hall–Kier alpha value is -0.880. The summed E-state index contributed by atoms with van der Waals surface area (Å²) < 4.78 is 5.17. The van der Waals surface area contributed by atoms with Crippen LogP contribution in [0.3, 0.4) is 0 Å². The summed E-state index contributed by atoms with van der Waals surface area (Å²) in [6.45, 7) is 4.15. The zero-order valence-electron chi connectivity index (χ0n) is 8.65. The third-order valence-electron chi connectivity index (χ3n) is 1.94. The average molecular weight is 240 g/mol. The Morgan fingerprint density at radius 2 is 2.27 bits per heavy atom. The van der Waals surface area contributed by atoms with Crippen LogP contribution >= 0.6 is 23.3 Å². The molecule has 0 aliphatic carbocycles. The lowest BCUT2D eigenvalue weighted by Crippen LogP contribution is -1.82. The molecular formula is C9H12N4S2. The van der Waals surface area contributed by atoms with Gasteiger partial charge in [-0.2, -0.15) is 4.37 Å². The molecule has 0 spiro atoms. The van der Waals surface area contributed by atoms with Gasteiger partial charge in [-0.05, 0) is 29.7 Å². The number of imidazole rings is 1. The second-order valence-corrected chi connectivity index (χ2v) is 4.99. The molecule has 2 aromatic rings. The predicted octanol–water partition coefficient (Wildman–Crippen LogP) is 2.54. The Morgan fingerprint density at radius 3 is 2.87 bits per heavy atom. The smallest absolute Gasteiger partial charge is 0.177 e. The van der Waals surface area contributed by atoms with Gasteiger partial charge in [0.2, 0.25) is 0 Å². The van der Waals surface area contributed by atoms with Gasteiger partial charge < -0.3 is 4.98 Å². The Kier molecular flexibility index (Phi) is 3.37. The zero-order chi connectivity index (χ0) is 10.7. The summed E-state index contributed by atoms with van der Waals surface area (Å²) in [5.74, 6) is 0.907. The third-order valence-corrected chi connectivity index (χ3v) is 3.63. The monoisotopic (exact) mass is 240 g/mol. The standard InChI is InChI=1S/C9H12N4S2/c1-3-6-5-10-8(11-6)14-9-12-7(4-2)13-15-9/h5H,3-4H2,1-2H3,(H,10,11). The van der Waals surface area contributed by atoms with E-state index in [1.165, 1.54) is 23.3 Å². The lowest BCUT2D eigenvalue weighted by atomic mass is 10.4. The highest BCUT2D eigenvalue weighted by atomic mass is 32.2. The van der Waals surface area contributed by atoms with Crippen molar-refractivity contribution in [2.24, 2.45) is 0 Å². The zero-order valence-corrected chi connectivity index (χ0v) is 10.3. The number of aryl methyl sites for hydroxylation is 2. The Balaban J connectivity index is 2.07. The maximum Gasteiger partial charge on any atom is 0.177 e. The molecule has 80 valence electrons. The van der Waals surface area contributed by atoms with Gasteiger partial charge in [-0.1, -0.05) is 13.8 Å². The van der Waals surface area contributed by atoms with E-state index >= 15 is 0 Å². The number of aromatic amines is 1. The summed E-state index contributed by atoms with van der Waals surface area (Å²) >= 11 is 2.97. The molecular weight excluding hydrogens is 228 g/mol. The fraction of sp³-hybridized carbons (Fsp3) is 0.444. The highest BCUT2D eigenvalue weighted by molar-refractivity contribution is 8.00. The van der Waals surface area contributed by atoms with Crippen molar-refractivity contribution < 1.29 is 0 Å². The summed E-state index contributed by atoms with van der Waals surface area (Å²) in [4.78, 5) is 11.9. The van der Waals surface area contributed by atoms with Gasteiger partial charge in [0.25, 0.3) is 0 Å². The largest absolute Gasteiger partial charge is 0.337 e. The highest BCUT2D eigenvalue weighted by Crippen LogP contribution is 2.26. The summed E-state index contributed by atoms with van der Waals surface area (Å²) in [6.07, 6.45) is 3.73. The number of nitrogens with zero attached hydrogens (tertiary/aromatic N) is 3. The van der Waals surface area contributed by atoms with Crippen LogP contribution in [0.2, 0.25) is 0 Å². The molecule has 2 rings (SSSR count). The minimum absolute atomic E-state index is 0.884. The average Bonchev–Trinajstić information content (AvgIpc) is 2.87. The van der Waals surface area contributed by atoms with Crippen molar-refractivity contribution in [3.05, 3.63) is 17.7 Å². The van der Waals surface area contributed by atoms with Crippen LogP contribution in [0, 0.1) is 0 Å². The summed E-state index contributed by atoms with van der Waals surface area (Å²) in [5, 5.41) is 0.894. The highest BCUT2D eigenvalue weighted by Gasteiger charge is 2.06. The molecule has 1 N–H and O–H groups in total. The molecule has 2 aromatic heterocycles. The van der Waals surface area contributed by atoms with Crippen LogP contribution in [-0.2, 0) is 12.8 Å². The van der Waals surface area contributed by atoms with E-state index in [9.17, 15) is 0 Å². The van der Waals surface area contributed by atoms with E-state index in [2.05, 4.69) is 33.2 Å². The summed E-state index contributed by atoms with van der Waals surface area (Å²) in [5.41, 5.74) is 1.15. The molecule has 4 nitrogen and oxygen atoms in total. The van der Waals surface area contributed by atoms with Crippen molar-refractivity contribution in [2.45, 2.75) is 36.2 Å². The lowest BCUT2D eigenvalue weighted by Gasteiger charge is -1.89. The Bertz CT molecular complexity index is 395. The predicted molar refractivity (Wildman–Crippen MR) is 61.4 cm³/mol. The first kappa shape index (κ1) is 10.6. The second kappa shape index (κ2) is 4.76. The van der Waals surface area contributed by atoms with E-state index < -0.39 is 0 Å². The summed E-state index contributed by atoms with van der Waals surface area (Å²) in [7, 11) is 0. The van der Waals surface area contributed by atoms with Gasteiger partial charge in [0.15, 0.2) is 9.50 Å². The van der Waals surface area contributed by atoms with E-state index in [0.29, 0.717) is 0 Å². The minimum Gasteiger partial charge on any atom is -0.337 e. The van der Waals surface area contributed by atoms with E-state index in [4.69, 9.17) is 0 Å². The van der Waals surface area contributed by atoms with Crippen LogP contribution in [0.25, 0.3) is 0 Å². The number of hydrogen-bond acceptors (Lipinski definition) is 5. The van der Waals surface area contributed by atoms with E-state index in [1.807, 2.05) is 6.20 Å². The topological polar surface area (TPSA) is 54.5 Å². The fourth-order valence-corrected chi connectivity index (χ4v) is 2.68. The van der Waals surface area contributed by atoms with Crippen molar-refractivity contribution >= 4 is 23.3 Å². The molecule has 0 fully saturated rings. The van der Waals surface area contributed by atoms with Gasteiger partial charge in [-0.15, -0.1) is 0 Å². The first-order valence-electron chi connectivity index (χ1n) is 4.86. The first-order chi connectivity index (χ1) is 7.31. The first-order valence-corrected chi connectivity index (χ1v) is 6.45. The molecule has 0 aliphatic rings. The normalized spacial score (nSPS) is 10.8. The minimum atomic E-state index is 0.884. The van der Waals surface area contributed by atoms with E-state index in [-0.39, 0.29) is 0 Å². The van der Waals surface area contributed by atoms with Crippen molar-refractivity contribution in [3.8, 4) is 0 Å². The molecule has 0 unspecified atom stereocenters. The molecule has 0 saturated carbocycles. The lowest BCUT2D eigenvalue weighted by molar-refractivity contribution is 0.963. The third kappa shape index (κ3) is 2.57. The van der Waals surface area contributed by atoms with Crippen LogP contribution < -0.4 is 0 Å². The fourth-order valence-electron chi connectivity index (χ4n) is 1.08. The van der Waals surface area contributed by atoms with Crippen molar-refractivity contribution in [1.82, 2.24) is 19.3 Å². The van der Waals surface area contributed by atoms with Gasteiger partial charge >= 0.3 is 0 Å². The molecule has 15 heavy (non-hydrogen) atoms. The van der Waals surface area contributed by atoms with Crippen LogP contribution in [0.1, 0.15) is 25.4 Å². The molecule has 0 aliphatic heterocycles. The SMILES string of the molecule is CCc1nsc(Sc2ncc(CC)[nH]2)n1. The molecule has 0 atom stereocenters. The molecule has 2 heterocycles.